The normalized spacial score (nSPS) is 16.2. The fourth-order valence-corrected chi connectivity index (χ4v) is 1.67. The van der Waals surface area contributed by atoms with Crippen LogP contribution in [0.4, 0.5) is 13.2 Å². The molecule has 1 aliphatic heterocycles. The van der Waals surface area contributed by atoms with Crippen LogP contribution in [0.5, 0.6) is 0 Å². The number of carbonyl (C=O) groups excluding carboxylic acids is 1. The van der Waals surface area contributed by atoms with Crippen LogP contribution in [-0.2, 0) is 11.3 Å². The van der Waals surface area contributed by atoms with Crippen LogP contribution in [0, 0.1) is 5.95 Å². The molecule has 0 unspecified atom stereocenters. The van der Waals surface area contributed by atoms with Crippen LogP contribution < -0.4 is 0 Å². The Morgan fingerprint density at radius 3 is 2.80 bits per heavy atom. The highest BCUT2D eigenvalue weighted by Crippen LogP contribution is 2.17. The Hall–Kier alpha value is -2.37. The summed E-state index contributed by atoms with van der Waals surface area (Å²) in [6.07, 6.45) is 5.77. The highest BCUT2D eigenvalue weighted by Gasteiger charge is 2.16. The summed E-state index contributed by atoms with van der Waals surface area (Å²) < 4.78 is 37.3. The van der Waals surface area contributed by atoms with Gasteiger partial charge in [-0.05, 0) is 23.8 Å². The van der Waals surface area contributed by atoms with Crippen molar-refractivity contribution < 1.29 is 18.0 Å². The van der Waals surface area contributed by atoms with Gasteiger partial charge in [0.2, 0.25) is 11.7 Å². The van der Waals surface area contributed by atoms with E-state index in [1.54, 1.807) is 35.4 Å². The highest BCUT2D eigenvalue weighted by atomic mass is 19.3. The summed E-state index contributed by atoms with van der Waals surface area (Å²) in [6.45, 7) is 0.302. The van der Waals surface area contributed by atoms with Crippen molar-refractivity contribution in [1.82, 2.24) is 9.88 Å². The van der Waals surface area contributed by atoms with Crippen molar-refractivity contribution in [2.45, 2.75) is 13.0 Å². The van der Waals surface area contributed by atoms with E-state index in [0.717, 1.165) is 6.08 Å². The van der Waals surface area contributed by atoms with Gasteiger partial charge < -0.3 is 4.90 Å². The standard InChI is InChI=1S/C14H11F3N2O/c15-13-5-4-10(8-18-13)9-19-6-2-1-3-11(19)7-12(20)14(16)17/h1-8,14H,9H2/b11-7+. The van der Waals surface area contributed by atoms with E-state index in [4.69, 9.17) is 0 Å². The third-order valence-corrected chi connectivity index (χ3v) is 2.62. The van der Waals surface area contributed by atoms with Gasteiger partial charge in [-0.3, -0.25) is 4.79 Å². The number of allylic oxidation sites excluding steroid dienone is 4. The fraction of sp³-hybridized carbons (Fsp3) is 0.143. The maximum Gasteiger partial charge on any atom is 0.299 e. The molecule has 0 radical (unpaired) electrons. The topological polar surface area (TPSA) is 33.2 Å². The van der Waals surface area contributed by atoms with Crippen LogP contribution in [-0.4, -0.2) is 22.1 Å². The molecule has 0 atom stereocenters. The minimum absolute atomic E-state index is 0.302. The number of nitrogens with zero attached hydrogens (tertiary/aromatic N) is 2. The first-order valence-electron chi connectivity index (χ1n) is 5.82. The fourth-order valence-electron chi connectivity index (χ4n) is 1.67. The van der Waals surface area contributed by atoms with Gasteiger partial charge in [0.15, 0.2) is 0 Å². The second kappa shape index (κ2) is 6.18. The molecule has 0 aromatic carbocycles. The van der Waals surface area contributed by atoms with E-state index in [9.17, 15) is 18.0 Å². The van der Waals surface area contributed by atoms with Gasteiger partial charge >= 0.3 is 0 Å². The lowest BCUT2D eigenvalue weighted by atomic mass is 10.2. The van der Waals surface area contributed by atoms with E-state index in [-0.39, 0.29) is 0 Å². The molecule has 1 aromatic rings. The summed E-state index contributed by atoms with van der Waals surface area (Å²) in [4.78, 5) is 16.2. The van der Waals surface area contributed by atoms with Gasteiger partial charge in [-0.25, -0.2) is 13.8 Å². The Balaban J connectivity index is 2.16. The molecule has 0 amide bonds. The van der Waals surface area contributed by atoms with E-state index in [2.05, 4.69) is 4.98 Å². The summed E-state index contributed by atoms with van der Waals surface area (Å²) in [5.41, 5.74) is 1.05. The molecule has 0 fully saturated rings. The summed E-state index contributed by atoms with van der Waals surface area (Å²) in [7, 11) is 0. The number of aromatic nitrogens is 1. The molecule has 104 valence electrons. The van der Waals surface area contributed by atoms with E-state index in [0.29, 0.717) is 17.8 Å². The number of hydrogen-bond acceptors (Lipinski definition) is 3. The Morgan fingerprint density at radius 1 is 1.35 bits per heavy atom. The second-order valence-corrected chi connectivity index (χ2v) is 4.09. The zero-order valence-electron chi connectivity index (χ0n) is 10.3. The van der Waals surface area contributed by atoms with E-state index < -0.39 is 18.2 Å². The van der Waals surface area contributed by atoms with Crippen molar-refractivity contribution >= 4 is 5.78 Å². The molecule has 2 heterocycles. The van der Waals surface area contributed by atoms with E-state index in [1.165, 1.54) is 12.3 Å². The molecular weight excluding hydrogens is 269 g/mol. The maximum atomic E-state index is 12.7. The van der Waals surface area contributed by atoms with Gasteiger partial charge in [-0.15, -0.1) is 0 Å². The lowest BCUT2D eigenvalue weighted by Crippen LogP contribution is -2.19. The summed E-state index contributed by atoms with van der Waals surface area (Å²) in [5, 5.41) is 0. The van der Waals surface area contributed by atoms with Gasteiger partial charge in [-0.1, -0.05) is 12.1 Å². The predicted molar refractivity (Wildman–Crippen MR) is 67.1 cm³/mol. The van der Waals surface area contributed by atoms with Crippen LogP contribution in [0.25, 0.3) is 0 Å². The van der Waals surface area contributed by atoms with Crippen molar-refractivity contribution in [2.24, 2.45) is 0 Å². The highest BCUT2D eigenvalue weighted by molar-refractivity contribution is 5.93. The van der Waals surface area contributed by atoms with Gasteiger partial charge in [-0.2, -0.15) is 4.39 Å². The number of hydrogen-bond donors (Lipinski definition) is 0. The zero-order valence-corrected chi connectivity index (χ0v) is 10.3. The lowest BCUT2D eigenvalue weighted by molar-refractivity contribution is -0.124. The Kier molecular flexibility index (Phi) is 4.34. The lowest BCUT2D eigenvalue weighted by Gasteiger charge is -2.23. The van der Waals surface area contributed by atoms with E-state index in [1.807, 2.05) is 0 Å². The number of carbonyl (C=O) groups is 1. The molecule has 1 aliphatic rings. The Labute approximate surface area is 113 Å². The van der Waals surface area contributed by atoms with Crippen molar-refractivity contribution in [3.8, 4) is 0 Å². The third kappa shape index (κ3) is 3.57. The van der Waals surface area contributed by atoms with Gasteiger partial charge in [0.1, 0.15) is 0 Å². The van der Waals surface area contributed by atoms with Crippen LogP contribution in [0.1, 0.15) is 5.56 Å². The molecule has 0 saturated carbocycles. The minimum Gasteiger partial charge on any atom is -0.343 e. The predicted octanol–water partition coefficient (Wildman–Crippen LogP) is 2.82. The number of rotatable bonds is 4. The van der Waals surface area contributed by atoms with Crippen LogP contribution in [0.3, 0.4) is 0 Å². The molecule has 0 N–H and O–H groups in total. The molecular formula is C14H11F3N2O. The minimum atomic E-state index is -3.03. The molecule has 20 heavy (non-hydrogen) atoms. The van der Waals surface area contributed by atoms with Crippen molar-refractivity contribution in [1.29, 1.82) is 0 Å². The Morgan fingerprint density at radius 2 is 2.15 bits per heavy atom. The monoisotopic (exact) mass is 280 g/mol. The number of pyridine rings is 1. The molecule has 0 saturated heterocycles. The molecule has 0 bridgehead atoms. The first-order valence-corrected chi connectivity index (χ1v) is 5.82. The maximum absolute atomic E-state index is 12.7. The van der Waals surface area contributed by atoms with Gasteiger partial charge in [0, 0.05) is 30.7 Å². The number of ketones is 1. The summed E-state index contributed by atoms with van der Waals surface area (Å²) in [5.74, 6) is -1.84. The smallest absolute Gasteiger partial charge is 0.299 e. The molecule has 2 rings (SSSR count). The molecule has 3 nitrogen and oxygen atoms in total. The van der Waals surface area contributed by atoms with Crippen molar-refractivity contribution in [3.63, 3.8) is 0 Å². The number of halogens is 3. The van der Waals surface area contributed by atoms with Crippen LogP contribution >= 0.6 is 0 Å². The largest absolute Gasteiger partial charge is 0.343 e. The second-order valence-electron chi connectivity index (χ2n) is 4.09. The number of alkyl halides is 2. The van der Waals surface area contributed by atoms with Gasteiger partial charge in [0.25, 0.3) is 6.43 Å². The van der Waals surface area contributed by atoms with Crippen molar-refractivity contribution in [2.75, 3.05) is 0 Å². The molecule has 0 spiro atoms. The van der Waals surface area contributed by atoms with Crippen LogP contribution in [0.15, 0.2) is 54.5 Å². The van der Waals surface area contributed by atoms with Gasteiger partial charge in [0.05, 0.1) is 0 Å². The van der Waals surface area contributed by atoms with Crippen LogP contribution in [0.2, 0.25) is 0 Å². The third-order valence-electron chi connectivity index (χ3n) is 2.62. The summed E-state index contributed by atoms with van der Waals surface area (Å²) >= 11 is 0. The quantitative estimate of drug-likeness (QED) is 0.628. The molecule has 6 heteroatoms. The molecule has 1 aromatic heterocycles. The zero-order chi connectivity index (χ0) is 14.5. The summed E-state index contributed by atoms with van der Waals surface area (Å²) in [6, 6.07) is 2.76. The average molecular weight is 280 g/mol. The first kappa shape index (κ1) is 14.0. The first-order chi connectivity index (χ1) is 9.56. The Bertz CT molecular complexity index is 577. The van der Waals surface area contributed by atoms with E-state index >= 15 is 0 Å². The molecule has 0 aliphatic carbocycles. The SMILES string of the molecule is O=C(/C=C1\C=CC=CN1Cc1ccc(F)nc1)C(F)F. The average Bonchev–Trinajstić information content (AvgIpc) is 2.43. The van der Waals surface area contributed by atoms with Crippen molar-refractivity contribution in [3.05, 3.63) is 66.0 Å².